The number of sulfonamides is 1. The fourth-order valence-corrected chi connectivity index (χ4v) is 4.31. The van der Waals surface area contributed by atoms with Crippen molar-refractivity contribution in [2.45, 2.75) is 19.9 Å². The van der Waals surface area contributed by atoms with Gasteiger partial charge in [0.25, 0.3) is 0 Å². The number of rotatable bonds is 5. The van der Waals surface area contributed by atoms with Crippen LogP contribution >= 0.6 is 0 Å². The molecule has 0 bridgehead atoms. The molecule has 2 aromatic rings. The molecule has 0 radical (unpaired) electrons. The molecular weight excluding hydrogens is 404 g/mol. The predicted molar refractivity (Wildman–Crippen MR) is 116 cm³/mol. The van der Waals surface area contributed by atoms with Crippen LogP contribution in [0.1, 0.15) is 17.5 Å². The highest BCUT2D eigenvalue weighted by Crippen LogP contribution is 2.28. The maximum atomic E-state index is 12.7. The number of aryl methyl sites for hydroxylation is 1. The molecule has 0 saturated carbocycles. The fraction of sp³-hybridized carbons (Fsp3) is 0.500. The van der Waals surface area contributed by atoms with Gasteiger partial charge in [0, 0.05) is 63.8 Å². The zero-order valence-corrected chi connectivity index (χ0v) is 18.2. The minimum atomic E-state index is -3.42. The Morgan fingerprint density at radius 1 is 1.10 bits per heavy atom. The van der Waals surface area contributed by atoms with E-state index >= 15 is 0 Å². The molecule has 1 aromatic carbocycles. The molecule has 30 heavy (non-hydrogen) atoms. The summed E-state index contributed by atoms with van der Waals surface area (Å²) < 4.78 is 26.1. The molecule has 0 unspecified atom stereocenters. The number of hydrogen-bond acceptors (Lipinski definition) is 6. The summed E-state index contributed by atoms with van der Waals surface area (Å²) in [5.74, 6) is 0.141. The van der Waals surface area contributed by atoms with Crippen LogP contribution in [0.2, 0.25) is 0 Å². The van der Waals surface area contributed by atoms with Gasteiger partial charge in [-0.2, -0.15) is 4.68 Å². The summed E-state index contributed by atoms with van der Waals surface area (Å²) in [5, 5.41) is 4.03. The Labute approximate surface area is 177 Å². The van der Waals surface area contributed by atoms with Crippen molar-refractivity contribution in [2.75, 3.05) is 55.1 Å². The van der Waals surface area contributed by atoms with Gasteiger partial charge in [-0.3, -0.25) is 9.62 Å². The zero-order valence-electron chi connectivity index (χ0n) is 17.4. The van der Waals surface area contributed by atoms with Crippen LogP contribution in [-0.2, 0) is 16.6 Å². The average Bonchev–Trinajstić information content (AvgIpc) is 3.09. The minimum absolute atomic E-state index is 0.141. The van der Waals surface area contributed by atoms with Gasteiger partial charge in [0.2, 0.25) is 10.0 Å². The molecule has 0 atom stereocenters. The Morgan fingerprint density at radius 3 is 2.47 bits per heavy atom. The average molecular weight is 433 g/mol. The van der Waals surface area contributed by atoms with Crippen molar-refractivity contribution in [2.24, 2.45) is 0 Å². The van der Waals surface area contributed by atoms with E-state index < -0.39 is 10.0 Å². The van der Waals surface area contributed by atoms with Crippen molar-refractivity contribution in [3.63, 3.8) is 0 Å². The molecule has 162 valence electrons. The third-order valence-corrected chi connectivity index (χ3v) is 6.13. The number of carbonyl (C=O) groups excluding carboxylic acids is 1. The number of nitrogens with one attached hydrogen (secondary N) is 1. The first kappa shape index (κ1) is 20.7. The van der Waals surface area contributed by atoms with Gasteiger partial charge in [-0.25, -0.2) is 13.2 Å². The Balaban J connectivity index is 1.35. The second-order valence-electron chi connectivity index (χ2n) is 8.04. The zero-order chi connectivity index (χ0) is 21.3. The summed E-state index contributed by atoms with van der Waals surface area (Å²) >= 11 is 0. The Bertz CT molecular complexity index is 1020. The molecule has 2 aliphatic rings. The minimum Gasteiger partial charge on any atom is -0.371 e. The van der Waals surface area contributed by atoms with Crippen LogP contribution in [0.3, 0.4) is 0 Å². The summed E-state index contributed by atoms with van der Waals surface area (Å²) in [6, 6.07) is 7.89. The van der Waals surface area contributed by atoms with Gasteiger partial charge in [0.1, 0.15) is 0 Å². The van der Waals surface area contributed by atoms with Gasteiger partial charge in [0.05, 0.1) is 6.26 Å². The molecule has 3 heterocycles. The second kappa shape index (κ2) is 8.27. The van der Waals surface area contributed by atoms with Crippen molar-refractivity contribution in [3.8, 4) is 0 Å². The lowest BCUT2D eigenvalue weighted by Gasteiger charge is -2.38. The van der Waals surface area contributed by atoms with Crippen molar-refractivity contribution >= 4 is 27.6 Å². The van der Waals surface area contributed by atoms with Crippen LogP contribution in [0.25, 0.3) is 0 Å². The highest BCUT2D eigenvalue weighted by molar-refractivity contribution is 7.92. The first-order chi connectivity index (χ1) is 14.3. The summed E-state index contributed by atoms with van der Waals surface area (Å²) in [7, 11) is -3.42. The fourth-order valence-electron chi connectivity index (χ4n) is 3.82. The second-order valence-corrected chi connectivity index (χ2v) is 9.79. The van der Waals surface area contributed by atoms with Crippen LogP contribution in [0.15, 0.2) is 30.5 Å². The molecule has 1 aromatic heterocycles. The lowest BCUT2D eigenvalue weighted by Crippen LogP contribution is -2.49. The molecule has 0 aliphatic carbocycles. The third kappa shape index (κ3) is 4.76. The van der Waals surface area contributed by atoms with E-state index in [0.29, 0.717) is 13.1 Å². The quantitative estimate of drug-likeness (QED) is 0.771. The number of nitrogens with zero attached hydrogens (tertiary/aromatic N) is 5. The third-order valence-electron chi connectivity index (χ3n) is 5.55. The molecule has 2 saturated heterocycles. The summed E-state index contributed by atoms with van der Waals surface area (Å²) in [6.07, 6.45) is 3.78. The summed E-state index contributed by atoms with van der Waals surface area (Å²) in [5.41, 5.74) is 3.95. The van der Waals surface area contributed by atoms with Crippen LogP contribution in [0.4, 0.5) is 16.3 Å². The first-order valence-electron chi connectivity index (χ1n) is 10.2. The molecule has 1 N–H and O–H groups in total. The topological polar surface area (TPSA) is 90.8 Å². The Kier molecular flexibility index (Phi) is 5.70. The van der Waals surface area contributed by atoms with E-state index in [-0.39, 0.29) is 11.8 Å². The number of amides is 1. The highest BCUT2D eigenvalue weighted by atomic mass is 32.2. The predicted octanol–water partition coefficient (Wildman–Crippen LogP) is 1.56. The van der Waals surface area contributed by atoms with Crippen LogP contribution in [0.5, 0.6) is 0 Å². The van der Waals surface area contributed by atoms with Crippen molar-refractivity contribution in [3.05, 3.63) is 41.6 Å². The first-order valence-corrected chi connectivity index (χ1v) is 12.1. The molecular formula is C20H28N6O3S. The number of benzene rings is 1. The van der Waals surface area contributed by atoms with Crippen LogP contribution in [0, 0.1) is 6.92 Å². The van der Waals surface area contributed by atoms with E-state index in [1.54, 1.807) is 4.90 Å². The molecule has 1 amide bonds. The van der Waals surface area contributed by atoms with Gasteiger partial charge >= 0.3 is 6.03 Å². The standard InChI is InChI=1S/C20H28N6O3S/c1-16-4-5-17(18(14-16)24-7-3-8-24)15-23-10-12-25(13-11-23)20(27)26-9-6-19(21-26)22-30(2,28)29/h4-6,9,14H,3,7-8,10-13,15H2,1-2H3,(H,21,22). The van der Waals surface area contributed by atoms with Gasteiger partial charge in [0.15, 0.2) is 5.82 Å². The summed E-state index contributed by atoms with van der Waals surface area (Å²) in [6.45, 7) is 8.04. The number of aromatic nitrogens is 2. The van der Waals surface area contributed by atoms with Gasteiger partial charge < -0.3 is 9.80 Å². The smallest absolute Gasteiger partial charge is 0.344 e. The van der Waals surface area contributed by atoms with Crippen molar-refractivity contribution in [1.29, 1.82) is 0 Å². The van der Waals surface area contributed by atoms with Crippen molar-refractivity contribution in [1.82, 2.24) is 19.6 Å². The molecule has 9 nitrogen and oxygen atoms in total. The maximum Gasteiger partial charge on any atom is 0.344 e. The lowest BCUT2D eigenvalue weighted by molar-refractivity contribution is 0.134. The van der Waals surface area contributed by atoms with Crippen LogP contribution < -0.4 is 9.62 Å². The van der Waals surface area contributed by atoms with Gasteiger partial charge in [-0.15, -0.1) is 5.10 Å². The lowest BCUT2D eigenvalue weighted by atomic mass is 10.0. The van der Waals surface area contributed by atoms with Gasteiger partial charge in [-0.05, 0) is 30.5 Å². The SMILES string of the molecule is Cc1ccc(CN2CCN(C(=O)n3ccc(NS(C)(=O)=O)n3)CC2)c(N2CCC2)c1. The molecule has 2 fully saturated rings. The Morgan fingerprint density at radius 2 is 1.83 bits per heavy atom. The van der Waals surface area contributed by atoms with Crippen molar-refractivity contribution < 1.29 is 13.2 Å². The molecule has 10 heteroatoms. The van der Waals surface area contributed by atoms with E-state index in [0.717, 1.165) is 39.0 Å². The van der Waals surface area contributed by atoms with E-state index in [2.05, 4.69) is 44.7 Å². The van der Waals surface area contributed by atoms with E-state index in [1.165, 1.54) is 40.2 Å². The normalized spacial score (nSPS) is 17.7. The number of carbonyl (C=O) groups is 1. The molecule has 4 rings (SSSR count). The largest absolute Gasteiger partial charge is 0.371 e. The summed E-state index contributed by atoms with van der Waals surface area (Å²) in [4.78, 5) is 19.2. The van der Waals surface area contributed by atoms with E-state index in [1.807, 2.05) is 0 Å². The molecule has 2 aliphatic heterocycles. The number of hydrogen-bond donors (Lipinski definition) is 1. The van der Waals surface area contributed by atoms with Gasteiger partial charge in [-0.1, -0.05) is 12.1 Å². The number of anilines is 2. The highest BCUT2D eigenvalue weighted by Gasteiger charge is 2.25. The maximum absolute atomic E-state index is 12.7. The molecule has 0 spiro atoms. The number of piperazine rings is 1. The van der Waals surface area contributed by atoms with Crippen LogP contribution in [-0.4, -0.2) is 79.6 Å². The monoisotopic (exact) mass is 432 g/mol. The van der Waals surface area contributed by atoms with E-state index in [4.69, 9.17) is 0 Å². The Hall–Kier alpha value is -2.59. The van der Waals surface area contributed by atoms with E-state index in [9.17, 15) is 13.2 Å².